The van der Waals surface area contributed by atoms with Crippen LogP contribution in [0.5, 0.6) is 0 Å². The van der Waals surface area contributed by atoms with Gasteiger partial charge < -0.3 is 4.52 Å². The second kappa shape index (κ2) is 5.42. The molecule has 23 heavy (non-hydrogen) atoms. The van der Waals surface area contributed by atoms with Crippen LogP contribution in [0.15, 0.2) is 34.9 Å². The predicted octanol–water partition coefficient (Wildman–Crippen LogP) is 2.05. The first-order valence-electron chi connectivity index (χ1n) is 7.90. The van der Waals surface area contributed by atoms with Gasteiger partial charge in [-0.1, -0.05) is 35.5 Å². The van der Waals surface area contributed by atoms with Crippen LogP contribution in [0.3, 0.4) is 0 Å². The van der Waals surface area contributed by atoms with Crippen LogP contribution in [0.1, 0.15) is 42.0 Å². The van der Waals surface area contributed by atoms with Gasteiger partial charge in [-0.25, -0.2) is 12.7 Å². The Bertz CT molecular complexity index is 799. The molecule has 2 aromatic rings. The van der Waals surface area contributed by atoms with E-state index in [1.807, 2.05) is 30.3 Å². The average Bonchev–Trinajstić information content (AvgIpc) is 3.18. The highest BCUT2D eigenvalue weighted by Crippen LogP contribution is 2.42. The molecule has 2 heterocycles. The van der Waals surface area contributed by atoms with Crippen molar-refractivity contribution in [3.8, 4) is 0 Å². The van der Waals surface area contributed by atoms with Gasteiger partial charge in [0.25, 0.3) is 0 Å². The van der Waals surface area contributed by atoms with Crippen LogP contribution in [-0.4, -0.2) is 41.2 Å². The molecule has 2 fully saturated rings. The molecule has 0 radical (unpaired) electrons. The van der Waals surface area contributed by atoms with E-state index in [1.165, 1.54) is 0 Å². The van der Waals surface area contributed by atoms with Crippen LogP contribution < -0.4 is 0 Å². The number of hydrogen-bond donors (Lipinski definition) is 0. The summed E-state index contributed by atoms with van der Waals surface area (Å²) in [7, 11) is -3.20. The van der Waals surface area contributed by atoms with Gasteiger partial charge in [-0.2, -0.15) is 4.98 Å². The SMILES string of the molecule is Cc1noc([C@@H]2CN(S(=O)(=O)C3CC3)C[C@H]2c2ccccc2)n1. The summed E-state index contributed by atoms with van der Waals surface area (Å²) in [5.41, 5.74) is 1.11. The van der Waals surface area contributed by atoms with Crippen LogP contribution in [0, 0.1) is 6.92 Å². The Hall–Kier alpha value is -1.73. The summed E-state index contributed by atoms with van der Waals surface area (Å²) in [6.07, 6.45) is 1.55. The molecule has 0 spiro atoms. The van der Waals surface area contributed by atoms with Crippen LogP contribution in [0.25, 0.3) is 0 Å². The molecule has 1 aliphatic carbocycles. The minimum atomic E-state index is -3.20. The summed E-state index contributed by atoms with van der Waals surface area (Å²) in [5.74, 6) is 1.07. The van der Waals surface area contributed by atoms with Gasteiger partial charge in [0.1, 0.15) is 0 Å². The first-order valence-corrected chi connectivity index (χ1v) is 9.40. The van der Waals surface area contributed by atoms with E-state index in [4.69, 9.17) is 4.52 Å². The lowest BCUT2D eigenvalue weighted by Crippen LogP contribution is -2.31. The molecular formula is C16H19N3O3S. The molecule has 0 N–H and O–H groups in total. The van der Waals surface area contributed by atoms with Crippen LogP contribution in [-0.2, 0) is 10.0 Å². The average molecular weight is 333 g/mol. The fraction of sp³-hybridized carbons (Fsp3) is 0.500. The molecule has 7 heteroatoms. The lowest BCUT2D eigenvalue weighted by Gasteiger charge is -2.16. The zero-order valence-corrected chi connectivity index (χ0v) is 13.7. The van der Waals surface area contributed by atoms with Gasteiger partial charge in [0.05, 0.1) is 11.2 Å². The zero-order chi connectivity index (χ0) is 16.0. The van der Waals surface area contributed by atoms with Crippen LogP contribution in [0.2, 0.25) is 0 Å². The maximum atomic E-state index is 12.6. The minimum Gasteiger partial charge on any atom is -0.339 e. The smallest absolute Gasteiger partial charge is 0.231 e. The van der Waals surface area contributed by atoms with Gasteiger partial charge in [-0.3, -0.25) is 0 Å². The third-order valence-corrected chi connectivity index (χ3v) is 7.01. The Morgan fingerprint density at radius 3 is 2.43 bits per heavy atom. The molecule has 1 saturated heterocycles. The Kier molecular flexibility index (Phi) is 3.50. The quantitative estimate of drug-likeness (QED) is 0.856. The van der Waals surface area contributed by atoms with Crippen molar-refractivity contribution in [3.63, 3.8) is 0 Å². The number of benzene rings is 1. The minimum absolute atomic E-state index is 0.0459. The molecular weight excluding hydrogens is 314 g/mol. The van der Waals surface area contributed by atoms with E-state index >= 15 is 0 Å². The van der Waals surface area contributed by atoms with Crippen molar-refractivity contribution >= 4 is 10.0 Å². The standard InChI is InChI=1S/C16H19N3O3S/c1-11-17-16(22-18-11)15-10-19(23(20,21)13-7-8-13)9-14(15)12-5-3-2-4-6-12/h2-6,13-15H,7-10H2,1H3/t14-,15+/m0/s1. The van der Waals surface area contributed by atoms with Gasteiger partial charge in [-0.05, 0) is 25.3 Å². The Balaban J connectivity index is 1.69. The summed E-state index contributed by atoms with van der Waals surface area (Å²) in [5, 5.41) is 3.68. The van der Waals surface area contributed by atoms with Gasteiger partial charge >= 0.3 is 0 Å². The van der Waals surface area contributed by atoms with E-state index in [1.54, 1.807) is 11.2 Å². The molecule has 1 aromatic carbocycles. The summed E-state index contributed by atoms with van der Waals surface area (Å²) in [6, 6.07) is 9.98. The van der Waals surface area contributed by atoms with E-state index in [9.17, 15) is 8.42 Å². The first-order chi connectivity index (χ1) is 11.1. The second-order valence-electron chi connectivity index (χ2n) is 6.36. The predicted molar refractivity (Wildman–Crippen MR) is 84.5 cm³/mol. The lowest BCUT2D eigenvalue weighted by atomic mass is 9.89. The maximum absolute atomic E-state index is 12.6. The third kappa shape index (κ3) is 2.68. The molecule has 0 bridgehead atoms. The number of aryl methyl sites for hydroxylation is 1. The van der Waals surface area contributed by atoms with Gasteiger partial charge in [0, 0.05) is 19.0 Å². The molecule has 1 aliphatic heterocycles. The topological polar surface area (TPSA) is 76.3 Å². The molecule has 122 valence electrons. The summed E-state index contributed by atoms with van der Waals surface area (Å²) in [4.78, 5) is 4.35. The van der Waals surface area contributed by atoms with Crippen LogP contribution in [0.4, 0.5) is 0 Å². The second-order valence-corrected chi connectivity index (χ2v) is 8.58. The number of hydrogen-bond acceptors (Lipinski definition) is 5. The molecule has 2 aliphatic rings. The Morgan fingerprint density at radius 2 is 1.83 bits per heavy atom. The third-order valence-electron chi connectivity index (χ3n) is 4.68. The first kappa shape index (κ1) is 14.8. The summed E-state index contributed by atoms with van der Waals surface area (Å²) in [6.45, 7) is 2.67. The van der Waals surface area contributed by atoms with Gasteiger partial charge in [-0.15, -0.1) is 0 Å². The highest BCUT2D eigenvalue weighted by molar-refractivity contribution is 7.90. The molecule has 0 amide bonds. The summed E-state index contributed by atoms with van der Waals surface area (Å²) >= 11 is 0. The largest absolute Gasteiger partial charge is 0.339 e. The molecule has 4 rings (SSSR count). The molecule has 1 saturated carbocycles. The fourth-order valence-corrected chi connectivity index (χ4v) is 5.19. The lowest BCUT2D eigenvalue weighted by molar-refractivity contribution is 0.345. The number of rotatable bonds is 4. The van der Waals surface area contributed by atoms with Crippen molar-refractivity contribution in [2.45, 2.75) is 36.9 Å². The molecule has 2 atom stereocenters. The van der Waals surface area contributed by atoms with E-state index in [2.05, 4.69) is 10.1 Å². The van der Waals surface area contributed by atoms with Crippen molar-refractivity contribution < 1.29 is 12.9 Å². The van der Waals surface area contributed by atoms with Crippen molar-refractivity contribution in [2.75, 3.05) is 13.1 Å². The number of sulfonamides is 1. The van der Waals surface area contributed by atoms with Crippen LogP contribution >= 0.6 is 0 Å². The van der Waals surface area contributed by atoms with Crippen molar-refractivity contribution in [1.82, 2.24) is 14.4 Å². The van der Waals surface area contributed by atoms with Crippen molar-refractivity contribution in [3.05, 3.63) is 47.6 Å². The Labute approximate surface area is 135 Å². The van der Waals surface area contributed by atoms with Crippen molar-refractivity contribution in [2.24, 2.45) is 0 Å². The number of aromatic nitrogens is 2. The zero-order valence-electron chi connectivity index (χ0n) is 12.9. The van der Waals surface area contributed by atoms with Gasteiger partial charge in [0.15, 0.2) is 5.82 Å². The normalized spacial score (nSPS) is 25.8. The number of nitrogens with zero attached hydrogens (tertiary/aromatic N) is 3. The fourth-order valence-electron chi connectivity index (χ4n) is 3.30. The molecule has 0 unspecified atom stereocenters. The van der Waals surface area contributed by atoms with E-state index in [0.29, 0.717) is 24.8 Å². The monoisotopic (exact) mass is 333 g/mol. The van der Waals surface area contributed by atoms with Gasteiger partial charge in [0.2, 0.25) is 15.9 Å². The maximum Gasteiger partial charge on any atom is 0.231 e. The summed E-state index contributed by atoms with van der Waals surface area (Å²) < 4.78 is 32.2. The Morgan fingerprint density at radius 1 is 1.13 bits per heavy atom. The molecule has 1 aromatic heterocycles. The highest BCUT2D eigenvalue weighted by Gasteiger charge is 2.47. The van der Waals surface area contributed by atoms with E-state index < -0.39 is 10.0 Å². The molecule has 6 nitrogen and oxygen atoms in total. The van der Waals surface area contributed by atoms with E-state index in [0.717, 1.165) is 18.4 Å². The van der Waals surface area contributed by atoms with Crippen molar-refractivity contribution in [1.29, 1.82) is 0 Å². The highest BCUT2D eigenvalue weighted by atomic mass is 32.2. The van der Waals surface area contributed by atoms with E-state index in [-0.39, 0.29) is 17.1 Å².